The molecule has 1 atom stereocenters. The second kappa shape index (κ2) is 5.80. The topological polar surface area (TPSA) is 55.1 Å². The van der Waals surface area contributed by atoms with Gasteiger partial charge in [0.15, 0.2) is 0 Å². The van der Waals surface area contributed by atoms with Gasteiger partial charge in [0.2, 0.25) is 5.91 Å². The first-order valence-electron chi connectivity index (χ1n) is 5.69. The Hall–Kier alpha value is -0.940. The van der Waals surface area contributed by atoms with E-state index in [4.69, 9.17) is 5.73 Å². The van der Waals surface area contributed by atoms with E-state index in [2.05, 4.69) is 21.2 Å². The lowest BCUT2D eigenvalue weighted by Gasteiger charge is -2.25. The molecule has 1 amide bonds. The highest BCUT2D eigenvalue weighted by atomic mass is 79.9. The van der Waals surface area contributed by atoms with E-state index >= 15 is 0 Å². The molecule has 1 rings (SSSR count). The molecule has 0 aliphatic heterocycles. The van der Waals surface area contributed by atoms with E-state index in [1.807, 2.05) is 20.8 Å². The Morgan fingerprint density at radius 1 is 1.50 bits per heavy atom. The van der Waals surface area contributed by atoms with Gasteiger partial charge in [0.25, 0.3) is 0 Å². The average Bonchev–Trinajstić information content (AvgIpc) is 2.27. The van der Waals surface area contributed by atoms with Crippen LogP contribution in [0.2, 0.25) is 0 Å². The number of amides is 1. The minimum absolute atomic E-state index is 0.133. The van der Waals surface area contributed by atoms with Crippen molar-refractivity contribution >= 4 is 21.8 Å². The van der Waals surface area contributed by atoms with Gasteiger partial charge in [-0.25, -0.2) is 4.39 Å². The number of hydrogen-bond donors (Lipinski definition) is 2. The van der Waals surface area contributed by atoms with Crippen molar-refractivity contribution in [2.75, 3.05) is 0 Å². The molecular formula is C13H18BrFN2O. The maximum Gasteiger partial charge on any atom is 0.237 e. The van der Waals surface area contributed by atoms with Crippen molar-refractivity contribution in [3.8, 4) is 0 Å². The van der Waals surface area contributed by atoms with Gasteiger partial charge in [-0.05, 0) is 23.6 Å². The minimum Gasteiger partial charge on any atom is -0.351 e. The predicted octanol–water partition coefficient (Wildman–Crippen LogP) is 2.58. The summed E-state index contributed by atoms with van der Waals surface area (Å²) in [7, 11) is 0. The largest absolute Gasteiger partial charge is 0.351 e. The summed E-state index contributed by atoms with van der Waals surface area (Å²) in [5.74, 6) is -0.621. The van der Waals surface area contributed by atoms with Crippen LogP contribution in [0.1, 0.15) is 26.3 Å². The minimum atomic E-state index is -0.618. The Morgan fingerprint density at radius 2 is 2.11 bits per heavy atom. The zero-order chi connectivity index (χ0) is 13.9. The second-order valence-electron chi connectivity index (χ2n) is 5.30. The summed E-state index contributed by atoms with van der Waals surface area (Å²) in [6.07, 6.45) is 0. The molecule has 1 aromatic rings. The molecule has 0 saturated carbocycles. The smallest absolute Gasteiger partial charge is 0.237 e. The Morgan fingerprint density at radius 3 is 2.67 bits per heavy atom. The molecule has 0 heterocycles. The maximum absolute atomic E-state index is 13.5. The fourth-order valence-electron chi connectivity index (χ4n) is 1.36. The van der Waals surface area contributed by atoms with Crippen LogP contribution >= 0.6 is 15.9 Å². The highest BCUT2D eigenvalue weighted by Gasteiger charge is 2.27. The standard InChI is InChI=1S/C13H18BrFN2O/c1-13(2,3)11(16)12(18)17-7-8-6-9(14)4-5-10(8)15/h4-6,11H,7,16H2,1-3H3,(H,17,18)/t11-/m1/s1. The van der Waals surface area contributed by atoms with Crippen LogP contribution < -0.4 is 11.1 Å². The molecular weight excluding hydrogens is 299 g/mol. The van der Waals surface area contributed by atoms with Crippen molar-refractivity contribution in [2.45, 2.75) is 33.4 Å². The van der Waals surface area contributed by atoms with Gasteiger partial charge in [0.1, 0.15) is 5.82 Å². The molecule has 0 bridgehead atoms. The van der Waals surface area contributed by atoms with Gasteiger partial charge in [0.05, 0.1) is 6.04 Å². The molecule has 0 aromatic heterocycles. The molecule has 0 radical (unpaired) electrons. The molecule has 3 N–H and O–H groups in total. The van der Waals surface area contributed by atoms with E-state index in [0.717, 1.165) is 4.47 Å². The average molecular weight is 317 g/mol. The number of carbonyl (C=O) groups is 1. The Bertz CT molecular complexity index is 443. The lowest BCUT2D eigenvalue weighted by atomic mass is 9.87. The number of halogens is 2. The first-order chi connectivity index (χ1) is 8.21. The predicted molar refractivity (Wildman–Crippen MR) is 73.4 cm³/mol. The van der Waals surface area contributed by atoms with Crippen molar-refractivity contribution in [3.63, 3.8) is 0 Å². The molecule has 1 aromatic carbocycles. The first kappa shape index (κ1) is 15.1. The fraction of sp³-hybridized carbons (Fsp3) is 0.462. The van der Waals surface area contributed by atoms with Crippen molar-refractivity contribution in [1.82, 2.24) is 5.32 Å². The highest BCUT2D eigenvalue weighted by molar-refractivity contribution is 9.10. The van der Waals surface area contributed by atoms with Gasteiger partial charge < -0.3 is 11.1 Å². The molecule has 100 valence electrons. The second-order valence-corrected chi connectivity index (χ2v) is 6.21. The maximum atomic E-state index is 13.5. The number of carbonyl (C=O) groups excluding carboxylic acids is 1. The summed E-state index contributed by atoms with van der Waals surface area (Å²) >= 11 is 3.26. The lowest BCUT2D eigenvalue weighted by molar-refractivity contribution is -0.124. The highest BCUT2D eigenvalue weighted by Crippen LogP contribution is 2.18. The van der Waals surface area contributed by atoms with E-state index < -0.39 is 6.04 Å². The third kappa shape index (κ3) is 4.07. The number of nitrogens with two attached hydrogens (primary N) is 1. The van der Waals surface area contributed by atoms with Gasteiger partial charge >= 0.3 is 0 Å². The zero-order valence-electron chi connectivity index (χ0n) is 10.8. The zero-order valence-corrected chi connectivity index (χ0v) is 12.3. The molecule has 0 unspecified atom stereocenters. The van der Waals surface area contributed by atoms with Crippen LogP contribution in [0, 0.1) is 11.2 Å². The third-order valence-electron chi connectivity index (χ3n) is 2.68. The van der Waals surface area contributed by atoms with E-state index in [9.17, 15) is 9.18 Å². The Kier molecular flexibility index (Phi) is 4.87. The Labute approximate surface area is 115 Å². The Balaban J connectivity index is 2.66. The van der Waals surface area contributed by atoms with Crippen molar-refractivity contribution in [2.24, 2.45) is 11.1 Å². The van der Waals surface area contributed by atoms with Crippen LogP contribution in [0.3, 0.4) is 0 Å². The van der Waals surface area contributed by atoms with Gasteiger partial charge in [-0.15, -0.1) is 0 Å². The number of benzene rings is 1. The van der Waals surface area contributed by atoms with E-state index in [-0.39, 0.29) is 23.7 Å². The van der Waals surface area contributed by atoms with Crippen molar-refractivity contribution in [3.05, 3.63) is 34.1 Å². The summed E-state index contributed by atoms with van der Waals surface area (Å²) in [4.78, 5) is 11.8. The third-order valence-corrected chi connectivity index (χ3v) is 3.17. The molecule has 0 spiro atoms. The van der Waals surface area contributed by atoms with Crippen molar-refractivity contribution in [1.29, 1.82) is 0 Å². The summed E-state index contributed by atoms with van der Waals surface area (Å²) in [6, 6.07) is 3.99. The van der Waals surface area contributed by atoms with Crippen molar-refractivity contribution < 1.29 is 9.18 Å². The molecule has 3 nitrogen and oxygen atoms in total. The number of rotatable bonds is 3. The van der Waals surface area contributed by atoms with Crippen LogP contribution in [-0.4, -0.2) is 11.9 Å². The van der Waals surface area contributed by atoms with E-state index in [0.29, 0.717) is 5.56 Å². The lowest BCUT2D eigenvalue weighted by Crippen LogP contribution is -2.48. The molecule has 5 heteroatoms. The summed E-state index contributed by atoms with van der Waals surface area (Å²) in [5, 5.41) is 2.65. The molecule has 0 aliphatic rings. The van der Waals surface area contributed by atoms with Crippen LogP contribution in [-0.2, 0) is 11.3 Å². The normalized spacial score (nSPS) is 13.2. The van der Waals surface area contributed by atoms with E-state index in [1.54, 1.807) is 12.1 Å². The SMILES string of the molecule is CC(C)(C)[C@H](N)C(=O)NCc1cc(Br)ccc1F. The first-order valence-corrected chi connectivity index (χ1v) is 6.48. The molecule has 0 saturated heterocycles. The van der Waals surface area contributed by atoms with Gasteiger partial charge in [-0.3, -0.25) is 4.79 Å². The van der Waals surface area contributed by atoms with Gasteiger partial charge in [-0.2, -0.15) is 0 Å². The fourth-order valence-corrected chi connectivity index (χ4v) is 1.77. The van der Waals surface area contributed by atoms with Crippen LogP contribution in [0.4, 0.5) is 4.39 Å². The molecule has 0 aliphatic carbocycles. The van der Waals surface area contributed by atoms with Gasteiger partial charge in [-0.1, -0.05) is 36.7 Å². The van der Waals surface area contributed by atoms with Crippen LogP contribution in [0.5, 0.6) is 0 Å². The summed E-state index contributed by atoms with van der Waals surface area (Å²) in [5.41, 5.74) is 5.92. The number of nitrogens with one attached hydrogen (secondary N) is 1. The van der Waals surface area contributed by atoms with Crippen LogP contribution in [0.15, 0.2) is 22.7 Å². The van der Waals surface area contributed by atoms with E-state index in [1.165, 1.54) is 6.07 Å². The monoisotopic (exact) mass is 316 g/mol. The quantitative estimate of drug-likeness (QED) is 0.900. The number of hydrogen-bond acceptors (Lipinski definition) is 2. The molecule has 0 fully saturated rings. The molecule has 18 heavy (non-hydrogen) atoms. The van der Waals surface area contributed by atoms with Crippen LogP contribution in [0.25, 0.3) is 0 Å². The summed E-state index contributed by atoms with van der Waals surface area (Å²) < 4.78 is 14.2. The summed E-state index contributed by atoms with van der Waals surface area (Å²) in [6.45, 7) is 5.79. The van der Waals surface area contributed by atoms with Gasteiger partial charge in [0, 0.05) is 16.6 Å².